The summed E-state index contributed by atoms with van der Waals surface area (Å²) >= 11 is 6.12. The van der Waals surface area contributed by atoms with Crippen molar-refractivity contribution in [2.45, 2.75) is 13.8 Å². The molecule has 2 aromatic heterocycles. The van der Waals surface area contributed by atoms with E-state index < -0.39 is 0 Å². The number of amides is 1. The van der Waals surface area contributed by atoms with Gasteiger partial charge >= 0.3 is 0 Å². The van der Waals surface area contributed by atoms with E-state index in [1.807, 2.05) is 50.4 Å². The van der Waals surface area contributed by atoms with Crippen LogP contribution in [-0.2, 0) is 4.79 Å². The van der Waals surface area contributed by atoms with Gasteiger partial charge in [-0.1, -0.05) is 17.7 Å². The zero-order chi connectivity index (χ0) is 16.4. The second-order valence-electron chi connectivity index (χ2n) is 5.29. The van der Waals surface area contributed by atoms with Crippen molar-refractivity contribution in [1.82, 2.24) is 9.38 Å². The number of benzene rings is 1. The number of anilines is 1. The van der Waals surface area contributed by atoms with E-state index in [-0.39, 0.29) is 12.5 Å². The third-order valence-electron chi connectivity index (χ3n) is 3.47. The Labute approximate surface area is 138 Å². The van der Waals surface area contributed by atoms with Crippen molar-refractivity contribution in [2.75, 3.05) is 11.9 Å². The van der Waals surface area contributed by atoms with Crippen LogP contribution < -0.4 is 10.1 Å². The fourth-order valence-electron chi connectivity index (χ4n) is 2.34. The maximum atomic E-state index is 12.0. The van der Waals surface area contributed by atoms with Gasteiger partial charge in [-0.3, -0.25) is 14.5 Å². The minimum atomic E-state index is -0.272. The number of nitrogens with zero attached hydrogens (tertiary/aromatic N) is 2. The summed E-state index contributed by atoms with van der Waals surface area (Å²) in [4.78, 5) is 16.2. The molecular weight excluding hydrogens is 314 g/mol. The van der Waals surface area contributed by atoms with Crippen molar-refractivity contribution in [2.24, 2.45) is 0 Å². The average molecular weight is 330 g/mol. The number of aromatic nitrogens is 2. The van der Waals surface area contributed by atoms with Crippen LogP contribution in [0.15, 0.2) is 42.7 Å². The van der Waals surface area contributed by atoms with Crippen LogP contribution in [0.25, 0.3) is 5.52 Å². The average Bonchev–Trinajstić information content (AvgIpc) is 2.94. The molecule has 118 valence electrons. The van der Waals surface area contributed by atoms with Gasteiger partial charge in [-0.15, -0.1) is 0 Å². The fourth-order valence-corrected chi connectivity index (χ4v) is 2.44. The first-order chi connectivity index (χ1) is 11.0. The zero-order valence-corrected chi connectivity index (χ0v) is 13.6. The third-order valence-corrected chi connectivity index (χ3v) is 4.07. The molecular formula is C17H16ClN3O2. The molecule has 1 N–H and O–H groups in total. The first-order valence-corrected chi connectivity index (χ1v) is 7.54. The summed E-state index contributed by atoms with van der Waals surface area (Å²) in [6, 6.07) is 9.33. The molecule has 2 heterocycles. The number of halogens is 1. The van der Waals surface area contributed by atoms with Gasteiger partial charge in [0.25, 0.3) is 5.91 Å². The second-order valence-corrected chi connectivity index (χ2v) is 5.66. The van der Waals surface area contributed by atoms with Crippen LogP contribution in [-0.4, -0.2) is 21.9 Å². The normalized spacial score (nSPS) is 10.7. The molecule has 3 rings (SSSR count). The first kappa shape index (κ1) is 15.4. The highest BCUT2D eigenvalue weighted by Crippen LogP contribution is 2.25. The van der Waals surface area contributed by atoms with Crippen LogP contribution in [0, 0.1) is 13.8 Å². The summed E-state index contributed by atoms with van der Waals surface area (Å²) in [6.45, 7) is 3.71. The predicted molar refractivity (Wildman–Crippen MR) is 90.2 cm³/mol. The van der Waals surface area contributed by atoms with Crippen LogP contribution in [0.5, 0.6) is 5.75 Å². The van der Waals surface area contributed by atoms with Gasteiger partial charge in [0.1, 0.15) is 5.75 Å². The monoisotopic (exact) mass is 329 g/mol. The zero-order valence-electron chi connectivity index (χ0n) is 12.8. The summed E-state index contributed by atoms with van der Waals surface area (Å²) < 4.78 is 7.34. The summed E-state index contributed by atoms with van der Waals surface area (Å²) in [6.07, 6.45) is 3.53. The number of pyridine rings is 1. The molecule has 0 unspecified atom stereocenters. The standard InChI is InChI=1S/C17H16ClN3O2/c1-11-7-14(8-12(2)16(11)18)23-10-15(22)20-17-19-9-13-5-3-4-6-21(13)17/h3-9H,10H2,1-2H3,(H,19,20,22). The minimum absolute atomic E-state index is 0.0950. The Morgan fingerprint density at radius 2 is 2.04 bits per heavy atom. The van der Waals surface area contributed by atoms with E-state index in [0.717, 1.165) is 16.6 Å². The summed E-state index contributed by atoms with van der Waals surface area (Å²) in [5, 5.41) is 3.45. The number of hydrogen-bond donors (Lipinski definition) is 1. The van der Waals surface area contributed by atoms with E-state index in [1.54, 1.807) is 10.6 Å². The van der Waals surface area contributed by atoms with Crippen molar-refractivity contribution in [3.05, 3.63) is 58.9 Å². The molecule has 3 aromatic rings. The molecule has 23 heavy (non-hydrogen) atoms. The van der Waals surface area contributed by atoms with Gasteiger partial charge in [0, 0.05) is 11.2 Å². The highest BCUT2D eigenvalue weighted by atomic mass is 35.5. The molecule has 0 aliphatic carbocycles. The molecule has 0 aliphatic rings. The lowest BCUT2D eigenvalue weighted by Gasteiger charge is -2.10. The van der Waals surface area contributed by atoms with E-state index in [4.69, 9.17) is 16.3 Å². The van der Waals surface area contributed by atoms with E-state index in [0.29, 0.717) is 16.7 Å². The molecule has 1 aromatic carbocycles. The largest absolute Gasteiger partial charge is 0.484 e. The van der Waals surface area contributed by atoms with Crippen LogP contribution in [0.2, 0.25) is 5.02 Å². The fraction of sp³-hybridized carbons (Fsp3) is 0.176. The van der Waals surface area contributed by atoms with E-state index in [1.165, 1.54) is 0 Å². The predicted octanol–water partition coefficient (Wildman–Crippen LogP) is 3.62. The topological polar surface area (TPSA) is 55.6 Å². The molecule has 0 spiro atoms. The maximum Gasteiger partial charge on any atom is 0.264 e. The summed E-state index contributed by atoms with van der Waals surface area (Å²) in [5.74, 6) is 0.816. The Bertz CT molecular complexity index is 850. The van der Waals surface area contributed by atoms with Crippen molar-refractivity contribution < 1.29 is 9.53 Å². The number of ether oxygens (including phenoxy) is 1. The number of carbonyl (C=O) groups is 1. The number of carbonyl (C=O) groups excluding carboxylic acids is 1. The quantitative estimate of drug-likeness (QED) is 0.795. The van der Waals surface area contributed by atoms with Gasteiger partial charge in [-0.25, -0.2) is 4.98 Å². The van der Waals surface area contributed by atoms with Crippen molar-refractivity contribution in [3.63, 3.8) is 0 Å². The molecule has 0 fully saturated rings. The molecule has 0 radical (unpaired) electrons. The third kappa shape index (κ3) is 3.29. The SMILES string of the molecule is Cc1cc(OCC(=O)Nc2ncc3ccccn23)cc(C)c1Cl. The molecule has 0 atom stereocenters. The van der Waals surface area contributed by atoms with Crippen LogP contribution in [0.4, 0.5) is 5.95 Å². The second kappa shape index (κ2) is 6.30. The molecule has 1 amide bonds. The van der Waals surface area contributed by atoms with E-state index >= 15 is 0 Å². The number of aryl methyl sites for hydroxylation is 2. The maximum absolute atomic E-state index is 12.0. The van der Waals surface area contributed by atoms with Crippen molar-refractivity contribution >= 4 is 29.0 Å². The van der Waals surface area contributed by atoms with Crippen molar-refractivity contribution in [3.8, 4) is 5.75 Å². The summed E-state index contributed by atoms with van der Waals surface area (Å²) in [5.41, 5.74) is 2.75. The van der Waals surface area contributed by atoms with E-state index in [2.05, 4.69) is 10.3 Å². The number of hydrogen-bond acceptors (Lipinski definition) is 3. The Kier molecular flexibility index (Phi) is 4.21. The van der Waals surface area contributed by atoms with Gasteiger partial charge in [-0.05, 0) is 49.2 Å². The Morgan fingerprint density at radius 3 is 2.78 bits per heavy atom. The highest BCUT2D eigenvalue weighted by molar-refractivity contribution is 6.32. The number of fused-ring (bicyclic) bond motifs is 1. The molecule has 5 nitrogen and oxygen atoms in total. The summed E-state index contributed by atoms with van der Waals surface area (Å²) in [7, 11) is 0. The molecule has 0 saturated carbocycles. The lowest BCUT2D eigenvalue weighted by atomic mass is 10.1. The van der Waals surface area contributed by atoms with Gasteiger partial charge in [-0.2, -0.15) is 0 Å². The number of rotatable bonds is 4. The molecule has 6 heteroatoms. The van der Waals surface area contributed by atoms with Gasteiger partial charge < -0.3 is 4.74 Å². The Morgan fingerprint density at radius 1 is 1.30 bits per heavy atom. The Hall–Kier alpha value is -2.53. The van der Waals surface area contributed by atoms with Crippen LogP contribution in [0.3, 0.4) is 0 Å². The van der Waals surface area contributed by atoms with E-state index in [9.17, 15) is 4.79 Å². The number of imidazole rings is 1. The minimum Gasteiger partial charge on any atom is -0.484 e. The number of nitrogens with one attached hydrogen (secondary N) is 1. The van der Waals surface area contributed by atoms with Crippen molar-refractivity contribution in [1.29, 1.82) is 0 Å². The van der Waals surface area contributed by atoms with Gasteiger partial charge in [0.15, 0.2) is 6.61 Å². The van der Waals surface area contributed by atoms with Gasteiger partial charge in [0.2, 0.25) is 5.95 Å². The lowest BCUT2D eigenvalue weighted by molar-refractivity contribution is -0.118. The Balaban J connectivity index is 1.66. The highest BCUT2D eigenvalue weighted by Gasteiger charge is 2.09. The smallest absolute Gasteiger partial charge is 0.264 e. The molecule has 0 aliphatic heterocycles. The first-order valence-electron chi connectivity index (χ1n) is 7.16. The lowest BCUT2D eigenvalue weighted by Crippen LogP contribution is -2.21. The molecule has 0 saturated heterocycles. The van der Waals surface area contributed by atoms with Crippen LogP contribution >= 0.6 is 11.6 Å². The van der Waals surface area contributed by atoms with Gasteiger partial charge in [0.05, 0.1) is 11.7 Å². The van der Waals surface area contributed by atoms with Crippen LogP contribution in [0.1, 0.15) is 11.1 Å². The molecule has 0 bridgehead atoms.